The molecule has 20 heavy (non-hydrogen) atoms. The first-order valence-corrected chi connectivity index (χ1v) is 7.23. The number of hydrazine groups is 1. The summed E-state index contributed by atoms with van der Waals surface area (Å²) < 4.78 is 0. The van der Waals surface area contributed by atoms with Crippen LogP contribution in [0.2, 0.25) is 0 Å². The number of nitrogens with one attached hydrogen (secondary N) is 3. The Bertz CT molecular complexity index is 461. The van der Waals surface area contributed by atoms with Crippen molar-refractivity contribution in [2.24, 2.45) is 5.84 Å². The summed E-state index contributed by atoms with van der Waals surface area (Å²) in [7, 11) is 0. The van der Waals surface area contributed by atoms with E-state index in [1.165, 1.54) is 11.8 Å². The van der Waals surface area contributed by atoms with Crippen LogP contribution in [-0.2, 0) is 4.79 Å². The molecular weight excluding hydrogens is 278 g/mol. The largest absolute Gasteiger partial charge is 0.354 e. The van der Waals surface area contributed by atoms with Gasteiger partial charge in [-0.15, -0.1) is 0 Å². The third-order valence-electron chi connectivity index (χ3n) is 1.93. The lowest BCUT2D eigenvalue weighted by Gasteiger charge is -2.20. The number of hydrogen-bond acceptors (Lipinski definition) is 8. The summed E-state index contributed by atoms with van der Waals surface area (Å²) in [4.78, 5) is 23.9. The number of carbonyl (C=O) groups is 1. The van der Waals surface area contributed by atoms with Crippen molar-refractivity contribution in [2.45, 2.75) is 38.4 Å². The van der Waals surface area contributed by atoms with Crippen LogP contribution < -0.4 is 21.9 Å². The number of carbonyl (C=O) groups excluding carboxylic acids is 1. The van der Waals surface area contributed by atoms with Crippen LogP contribution in [0.25, 0.3) is 0 Å². The third kappa shape index (κ3) is 6.02. The van der Waals surface area contributed by atoms with E-state index in [9.17, 15) is 4.79 Å². The highest BCUT2D eigenvalue weighted by atomic mass is 32.2. The van der Waals surface area contributed by atoms with Crippen molar-refractivity contribution in [3.63, 3.8) is 0 Å². The van der Waals surface area contributed by atoms with Crippen LogP contribution in [0.1, 0.15) is 27.7 Å². The molecule has 0 aliphatic heterocycles. The molecule has 0 fully saturated rings. The molecule has 0 saturated carbocycles. The molecule has 9 heteroatoms. The lowest BCUT2D eigenvalue weighted by atomic mass is 10.1. The highest BCUT2D eigenvalue weighted by Gasteiger charge is 2.14. The quantitative estimate of drug-likeness (QED) is 0.261. The van der Waals surface area contributed by atoms with Gasteiger partial charge in [-0.2, -0.15) is 15.0 Å². The Kier molecular flexibility index (Phi) is 5.96. The molecule has 1 aromatic heterocycles. The molecule has 0 atom stereocenters. The van der Waals surface area contributed by atoms with Crippen LogP contribution in [0.3, 0.4) is 0 Å². The van der Waals surface area contributed by atoms with E-state index in [2.05, 4.69) is 31.0 Å². The first-order valence-electron chi connectivity index (χ1n) is 6.24. The predicted octanol–water partition coefficient (Wildman–Crippen LogP) is 0.596. The van der Waals surface area contributed by atoms with E-state index in [4.69, 9.17) is 5.84 Å². The summed E-state index contributed by atoms with van der Waals surface area (Å²) in [5.74, 6) is 5.85. The van der Waals surface area contributed by atoms with Crippen LogP contribution in [-0.4, -0.2) is 38.7 Å². The Balaban J connectivity index is 2.89. The standard InChI is InChI=1S/C11H21N7OS/c1-5-13-8-14-9(17-11(2,3)4)16-10(15-8)20-6-7(19)18-12/h5-6,12H2,1-4H3,(H,18,19)(H2,13,14,15,16,17). The smallest absolute Gasteiger partial charge is 0.244 e. The van der Waals surface area contributed by atoms with Crippen molar-refractivity contribution in [1.82, 2.24) is 20.4 Å². The van der Waals surface area contributed by atoms with E-state index in [-0.39, 0.29) is 17.2 Å². The maximum absolute atomic E-state index is 11.2. The minimum atomic E-state index is -0.286. The average molecular weight is 299 g/mol. The Labute approximate surface area is 122 Å². The number of hydrogen-bond donors (Lipinski definition) is 4. The van der Waals surface area contributed by atoms with Gasteiger partial charge in [-0.05, 0) is 27.7 Å². The highest BCUT2D eigenvalue weighted by molar-refractivity contribution is 7.99. The van der Waals surface area contributed by atoms with Gasteiger partial charge in [0.15, 0.2) is 5.16 Å². The van der Waals surface area contributed by atoms with Gasteiger partial charge < -0.3 is 10.6 Å². The van der Waals surface area contributed by atoms with Gasteiger partial charge in [-0.1, -0.05) is 11.8 Å². The number of rotatable bonds is 6. The number of nitrogens with two attached hydrogens (primary N) is 1. The van der Waals surface area contributed by atoms with E-state index in [1.807, 2.05) is 27.7 Å². The van der Waals surface area contributed by atoms with Gasteiger partial charge in [0.05, 0.1) is 5.75 Å². The van der Waals surface area contributed by atoms with Crippen molar-refractivity contribution in [3.05, 3.63) is 0 Å². The molecule has 0 aromatic carbocycles. The third-order valence-corrected chi connectivity index (χ3v) is 2.78. The molecule has 5 N–H and O–H groups in total. The molecule has 0 radical (unpaired) electrons. The van der Waals surface area contributed by atoms with Crippen LogP contribution in [0, 0.1) is 0 Å². The minimum absolute atomic E-state index is 0.154. The molecule has 0 unspecified atom stereocenters. The van der Waals surface area contributed by atoms with Crippen molar-refractivity contribution in [2.75, 3.05) is 22.9 Å². The molecule has 0 aliphatic carbocycles. The van der Waals surface area contributed by atoms with Gasteiger partial charge in [0.2, 0.25) is 17.8 Å². The van der Waals surface area contributed by atoms with Crippen LogP contribution >= 0.6 is 11.8 Å². The van der Waals surface area contributed by atoms with Crippen LogP contribution in [0.15, 0.2) is 5.16 Å². The molecular formula is C11H21N7OS. The number of thioether (sulfide) groups is 1. The second-order valence-corrected chi connectivity index (χ2v) is 5.97. The lowest BCUT2D eigenvalue weighted by Crippen LogP contribution is -2.31. The SMILES string of the molecule is CCNc1nc(NC(C)(C)C)nc(SCC(=O)NN)n1. The Hall–Kier alpha value is -1.61. The molecule has 1 heterocycles. The predicted molar refractivity (Wildman–Crippen MR) is 80.4 cm³/mol. The summed E-state index contributed by atoms with van der Waals surface area (Å²) >= 11 is 1.20. The summed E-state index contributed by atoms with van der Waals surface area (Å²) in [6, 6.07) is 0. The van der Waals surface area contributed by atoms with Crippen LogP contribution in [0.4, 0.5) is 11.9 Å². The van der Waals surface area contributed by atoms with Crippen molar-refractivity contribution in [1.29, 1.82) is 0 Å². The zero-order valence-corrected chi connectivity index (χ0v) is 13.0. The highest BCUT2D eigenvalue weighted by Crippen LogP contribution is 2.18. The fraction of sp³-hybridized carbons (Fsp3) is 0.636. The maximum atomic E-state index is 11.2. The van der Waals surface area contributed by atoms with Crippen molar-refractivity contribution < 1.29 is 4.79 Å². The number of nitrogens with zero attached hydrogens (tertiary/aromatic N) is 3. The van der Waals surface area contributed by atoms with Gasteiger partial charge in [0.1, 0.15) is 0 Å². The summed E-state index contributed by atoms with van der Waals surface area (Å²) in [5.41, 5.74) is 1.90. The molecule has 112 valence electrons. The molecule has 1 aromatic rings. The molecule has 0 bridgehead atoms. The molecule has 8 nitrogen and oxygen atoms in total. The fourth-order valence-electron chi connectivity index (χ4n) is 1.22. The molecule has 0 spiro atoms. The van der Waals surface area contributed by atoms with Gasteiger partial charge in [-0.25, -0.2) is 5.84 Å². The Morgan fingerprint density at radius 1 is 1.25 bits per heavy atom. The molecule has 1 rings (SSSR count). The second-order valence-electron chi connectivity index (χ2n) is 5.03. The van der Waals surface area contributed by atoms with Crippen LogP contribution in [0.5, 0.6) is 0 Å². The van der Waals surface area contributed by atoms with E-state index in [0.717, 1.165) is 0 Å². The zero-order chi connectivity index (χ0) is 15.2. The van der Waals surface area contributed by atoms with E-state index in [0.29, 0.717) is 23.6 Å². The topological polar surface area (TPSA) is 118 Å². The monoisotopic (exact) mass is 299 g/mol. The first kappa shape index (κ1) is 16.4. The summed E-state index contributed by atoms with van der Waals surface area (Å²) in [6.45, 7) is 8.69. The number of aromatic nitrogens is 3. The van der Waals surface area contributed by atoms with Gasteiger partial charge >= 0.3 is 0 Å². The molecule has 0 saturated heterocycles. The number of amides is 1. The van der Waals surface area contributed by atoms with E-state index >= 15 is 0 Å². The summed E-state index contributed by atoms with van der Waals surface area (Å²) in [6.07, 6.45) is 0. The zero-order valence-electron chi connectivity index (χ0n) is 12.1. The normalized spacial score (nSPS) is 11.1. The van der Waals surface area contributed by atoms with E-state index < -0.39 is 0 Å². The lowest BCUT2D eigenvalue weighted by molar-refractivity contribution is -0.118. The maximum Gasteiger partial charge on any atom is 0.244 e. The molecule has 1 amide bonds. The van der Waals surface area contributed by atoms with E-state index in [1.54, 1.807) is 0 Å². The molecule has 0 aliphatic rings. The minimum Gasteiger partial charge on any atom is -0.354 e. The summed E-state index contributed by atoms with van der Waals surface area (Å²) in [5, 5.41) is 6.68. The van der Waals surface area contributed by atoms with Crippen molar-refractivity contribution in [3.8, 4) is 0 Å². The Morgan fingerprint density at radius 2 is 1.90 bits per heavy atom. The van der Waals surface area contributed by atoms with Gasteiger partial charge in [0.25, 0.3) is 0 Å². The second kappa shape index (κ2) is 7.25. The first-order chi connectivity index (χ1) is 9.34. The van der Waals surface area contributed by atoms with Crippen molar-refractivity contribution >= 4 is 29.6 Å². The average Bonchev–Trinajstić information content (AvgIpc) is 2.34. The number of anilines is 2. The Morgan fingerprint density at radius 3 is 2.45 bits per heavy atom. The van der Waals surface area contributed by atoms with Gasteiger partial charge in [-0.3, -0.25) is 10.2 Å². The fourth-order valence-corrected chi connectivity index (χ4v) is 1.87. The van der Waals surface area contributed by atoms with Gasteiger partial charge in [0, 0.05) is 12.1 Å².